The SMILES string of the molecule is COC(=O)C(=O)CC(=O)c1ccc(Cc2ccc(F)cc2)n1C. The van der Waals surface area contributed by atoms with E-state index in [4.69, 9.17) is 0 Å². The van der Waals surface area contributed by atoms with Crippen molar-refractivity contribution < 1.29 is 23.5 Å². The smallest absolute Gasteiger partial charge is 0.374 e. The first-order valence-corrected chi connectivity index (χ1v) is 6.95. The van der Waals surface area contributed by atoms with Gasteiger partial charge in [-0.3, -0.25) is 9.59 Å². The summed E-state index contributed by atoms with van der Waals surface area (Å²) in [5, 5.41) is 0. The van der Waals surface area contributed by atoms with E-state index in [0.717, 1.165) is 18.4 Å². The molecule has 6 heteroatoms. The van der Waals surface area contributed by atoms with E-state index in [1.165, 1.54) is 12.1 Å². The van der Waals surface area contributed by atoms with Crippen LogP contribution >= 0.6 is 0 Å². The lowest BCUT2D eigenvalue weighted by molar-refractivity contribution is -0.151. The summed E-state index contributed by atoms with van der Waals surface area (Å²) in [5.74, 6) is -2.66. The van der Waals surface area contributed by atoms with Crippen LogP contribution in [0.25, 0.3) is 0 Å². The molecule has 120 valence electrons. The fourth-order valence-electron chi connectivity index (χ4n) is 2.24. The van der Waals surface area contributed by atoms with Crippen molar-refractivity contribution in [3.05, 3.63) is 59.2 Å². The summed E-state index contributed by atoms with van der Waals surface area (Å²) in [6.07, 6.45) is -0.00444. The van der Waals surface area contributed by atoms with Gasteiger partial charge in [-0.1, -0.05) is 12.1 Å². The summed E-state index contributed by atoms with van der Waals surface area (Å²) >= 11 is 0. The van der Waals surface area contributed by atoms with Gasteiger partial charge < -0.3 is 9.30 Å². The number of halogens is 1. The van der Waals surface area contributed by atoms with Gasteiger partial charge in [0.25, 0.3) is 0 Å². The van der Waals surface area contributed by atoms with Crippen molar-refractivity contribution in [1.82, 2.24) is 4.57 Å². The summed E-state index contributed by atoms with van der Waals surface area (Å²) in [6.45, 7) is 0. The molecule has 2 aromatic rings. The molecule has 0 aliphatic carbocycles. The predicted octanol–water partition coefficient (Wildman–Crippen LogP) is 2.07. The van der Waals surface area contributed by atoms with Crippen LogP contribution in [0.3, 0.4) is 0 Å². The average molecular weight is 317 g/mol. The first-order valence-electron chi connectivity index (χ1n) is 6.95. The Bertz CT molecular complexity index is 746. The first kappa shape index (κ1) is 16.6. The number of aromatic nitrogens is 1. The zero-order valence-corrected chi connectivity index (χ0v) is 12.8. The van der Waals surface area contributed by atoms with Gasteiger partial charge in [-0.2, -0.15) is 0 Å². The van der Waals surface area contributed by atoms with Crippen LogP contribution in [0.1, 0.15) is 28.2 Å². The zero-order valence-electron chi connectivity index (χ0n) is 12.8. The summed E-state index contributed by atoms with van der Waals surface area (Å²) < 4.78 is 18.9. The molecular formula is C17H16FNO4. The Labute approximate surface area is 132 Å². The number of esters is 1. The third-order valence-corrected chi connectivity index (χ3v) is 3.54. The number of rotatable bonds is 6. The van der Waals surface area contributed by atoms with Crippen molar-refractivity contribution in [3.8, 4) is 0 Å². The van der Waals surface area contributed by atoms with E-state index >= 15 is 0 Å². The first-order chi connectivity index (χ1) is 10.9. The van der Waals surface area contributed by atoms with Gasteiger partial charge in [0.05, 0.1) is 19.2 Å². The van der Waals surface area contributed by atoms with Crippen molar-refractivity contribution >= 4 is 17.5 Å². The quantitative estimate of drug-likeness (QED) is 0.354. The number of nitrogens with zero attached hydrogens (tertiary/aromatic N) is 1. The van der Waals surface area contributed by atoms with Crippen LogP contribution in [0, 0.1) is 5.82 Å². The number of hydrogen-bond acceptors (Lipinski definition) is 4. The second-order valence-electron chi connectivity index (χ2n) is 5.09. The molecule has 0 spiro atoms. The molecule has 0 radical (unpaired) electrons. The van der Waals surface area contributed by atoms with Crippen LogP contribution in [-0.2, 0) is 27.8 Å². The van der Waals surface area contributed by atoms with E-state index in [1.54, 1.807) is 35.9 Å². The monoisotopic (exact) mass is 317 g/mol. The van der Waals surface area contributed by atoms with Crippen LogP contribution in [0.4, 0.5) is 4.39 Å². The Kier molecular flexibility index (Phi) is 5.05. The number of carbonyl (C=O) groups excluding carboxylic acids is 3. The number of benzene rings is 1. The van der Waals surface area contributed by atoms with Gasteiger partial charge in [0, 0.05) is 19.2 Å². The Balaban J connectivity index is 2.12. The van der Waals surface area contributed by atoms with Crippen molar-refractivity contribution in [2.24, 2.45) is 7.05 Å². The Morgan fingerprint density at radius 3 is 2.35 bits per heavy atom. The maximum Gasteiger partial charge on any atom is 0.374 e. The molecule has 23 heavy (non-hydrogen) atoms. The molecule has 1 aromatic carbocycles. The minimum absolute atomic E-state index is 0.308. The molecule has 0 bridgehead atoms. The number of hydrogen-bond donors (Lipinski definition) is 0. The maximum atomic E-state index is 12.9. The van der Waals surface area contributed by atoms with E-state index in [2.05, 4.69) is 4.74 Å². The normalized spacial score (nSPS) is 10.4. The van der Waals surface area contributed by atoms with Crippen molar-refractivity contribution in [2.45, 2.75) is 12.8 Å². The molecule has 0 unspecified atom stereocenters. The predicted molar refractivity (Wildman–Crippen MR) is 80.6 cm³/mol. The average Bonchev–Trinajstić information content (AvgIpc) is 2.89. The Morgan fingerprint density at radius 2 is 1.74 bits per heavy atom. The van der Waals surface area contributed by atoms with Crippen LogP contribution in [-0.4, -0.2) is 29.2 Å². The van der Waals surface area contributed by atoms with E-state index in [0.29, 0.717) is 12.1 Å². The van der Waals surface area contributed by atoms with Gasteiger partial charge in [-0.15, -0.1) is 0 Å². The molecule has 0 amide bonds. The lowest BCUT2D eigenvalue weighted by Crippen LogP contribution is -2.20. The Hall–Kier alpha value is -2.76. The van der Waals surface area contributed by atoms with Crippen LogP contribution in [0.5, 0.6) is 0 Å². The third kappa shape index (κ3) is 3.91. The highest BCUT2D eigenvalue weighted by molar-refractivity contribution is 6.38. The lowest BCUT2D eigenvalue weighted by Gasteiger charge is -2.07. The molecule has 5 nitrogen and oxygen atoms in total. The molecule has 0 aliphatic rings. The van der Waals surface area contributed by atoms with Gasteiger partial charge in [0.2, 0.25) is 5.78 Å². The second kappa shape index (κ2) is 7.00. The van der Waals surface area contributed by atoms with Crippen molar-refractivity contribution in [3.63, 3.8) is 0 Å². The molecule has 1 heterocycles. The minimum Gasteiger partial charge on any atom is -0.463 e. The molecule has 2 rings (SSSR count). The molecule has 0 atom stereocenters. The summed E-state index contributed by atoms with van der Waals surface area (Å²) in [6, 6.07) is 9.46. The molecule has 0 saturated heterocycles. The molecule has 1 aromatic heterocycles. The number of methoxy groups -OCH3 is 1. The largest absolute Gasteiger partial charge is 0.463 e. The van der Waals surface area contributed by atoms with E-state index in [1.807, 2.05) is 0 Å². The van der Waals surface area contributed by atoms with Crippen LogP contribution < -0.4 is 0 Å². The van der Waals surface area contributed by atoms with E-state index < -0.39 is 24.0 Å². The fraction of sp³-hybridized carbons (Fsp3) is 0.235. The fourth-order valence-corrected chi connectivity index (χ4v) is 2.24. The maximum absolute atomic E-state index is 12.9. The number of carbonyl (C=O) groups is 3. The highest BCUT2D eigenvalue weighted by Crippen LogP contribution is 2.15. The topological polar surface area (TPSA) is 65.4 Å². The van der Waals surface area contributed by atoms with Gasteiger partial charge >= 0.3 is 5.97 Å². The number of ether oxygens (including phenoxy) is 1. The van der Waals surface area contributed by atoms with Crippen molar-refractivity contribution in [2.75, 3.05) is 7.11 Å². The molecule has 0 N–H and O–H groups in total. The second-order valence-corrected chi connectivity index (χ2v) is 5.09. The zero-order chi connectivity index (χ0) is 17.0. The Morgan fingerprint density at radius 1 is 1.09 bits per heavy atom. The molecule has 0 aliphatic heterocycles. The standard InChI is InChI=1S/C17H16FNO4/c1-19-13(9-11-3-5-12(18)6-4-11)7-8-14(19)15(20)10-16(21)17(22)23-2/h3-8H,9-10H2,1-2H3. The van der Waals surface area contributed by atoms with Crippen LogP contribution in [0.2, 0.25) is 0 Å². The molecular weight excluding hydrogens is 301 g/mol. The minimum atomic E-state index is -1.03. The summed E-state index contributed by atoms with van der Waals surface area (Å²) in [5.41, 5.74) is 2.07. The highest BCUT2D eigenvalue weighted by Gasteiger charge is 2.21. The van der Waals surface area contributed by atoms with Gasteiger partial charge in [-0.25, -0.2) is 9.18 Å². The molecule has 0 fully saturated rings. The van der Waals surface area contributed by atoms with E-state index in [-0.39, 0.29) is 5.82 Å². The summed E-state index contributed by atoms with van der Waals surface area (Å²) in [4.78, 5) is 34.6. The summed E-state index contributed by atoms with van der Waals surface area (Å²) in [7, 11) is 2.79. The molecule has 0 saturated carbocycles. The number of Topliss-reactive ketones (excluding diaryl/α,β-unsaturated/α-hetero) is 2. The van der Waals surface area contributed by atoms with Gasteiger partial charge in [0.1, 0.15) is 5.82 Å². The van der Waals surface area contributed by atoms with E-state index in [9.17, 15) is 18.8 Å². The van der Waals surface area contributed by atoms with Crippen LogP contribution in [0.15, 0.2) is 36.4 Å². The lowest BCUT2D eigenvalue weighted by atomic mass is 10.1. The van der Waals surface area contributed by atoms with Crippen molar-refractivity contribution in [1.29, 1.82) is 0 Å². The third-order valence-electron chi connectivity index (χ3n) is 3.54. The highest BCUT2D eigenvalue weighted by atomic mass is 19.1. The van der Waals surface area contributed by atoms with Gasteiger partial charge in [-0.05, 0) is 29.8 Å². The van der Waals surface area contributed by atoms with Gasteiger partial charge in [0.15, 0.2) is 5.78 Å². The number of ketones is 2.